The van der Waals surface area contributed by atoms with Crippen LogP contribution >= 0.6 is 0 Å². The van der Waals surface area contributed by atoms with Gasteiger partial charge in [-0.2, -0.15) is 0 Å². The zero-order chi connectivity index (χ0) is 15.0. The van der Waals surface area contributed by atoms with Crippen molar-refractivity contribution in [2.75, 3.05) is 26.8 Å². The topological polar surface area (TPSA) is 66.8 Å². The Labute approximate surface area is 121 Å². The largest absolute Gasteiger partial charge is 0.481 e. The van der Waals surface area contributed by atoms with Crippen molar-refractivity contribution in [2.45, 2.75) is 51.9 Å². The van der Waals surface area contributed by atoms with Gasteiger partial charge in [0, 0.05) is 33.2 Å². The number of amides is 1. The fourth-order valence-corrected chi connectivity index (χ4v) is 3.01. The van der Waals surface area contributed by atoms with Gasteiger partial charge < -0.3 is 14.7 Å². The molecular weight excluding hydrogens is 258 g/mol. The summed E-state index contributed by atoms with van der Waals surface area (Å²) in [5.41, 5.74) is -0.271. The third-order valence-electron chi connectivity index (χ3n) is 4.17. The molecule has 0 aromatic heterocycles. The van der Waals surface area contributed by atoms with E-state index in [-0.39, 0.29) is 17.7 Å². The van der Waals surface area contributed by atoms with Crippen molar-refractivity contribution in [2.24, 2.45) is 5.41 Å². The molecule has 0 radical (unpaired) electrons. The molecule has 5 heteroatoms. The summed E-state index contributed by atoms with van der Waals surface area (Å²) in [6.45, 7) is 3.78. The van der Waals surface area contributed by atoms with Crippen LogP contribution in [0.2, 0.25) is 0 Å². The number of carbonyl (C=O) groups is 2. The Bertz CT molecular complexity index is 324. The lowest BCUT2D eigenvalue weighted by Crippen LogP contribution is -2.41. The molecule has 1 amide bonds. The molecule has 5 nitrogen and oxygen atoms in total. The molecule has 1 N–H and O–H groups in total. The van der Waals surface area contributed by atoms with Crippen molar-refractivity contribution >= 4 is 11.9 Å². The Morgan fingerprint density at radius 1 is 1.30 bits per heavy atom. The summed E-state index contributed by atoms with van der Waals surface area (Å²) in [4.78, 5) is 24.9. The maximum Gasteiger partial charge on any atom is 0.303 e. The smallest absolute Gasteiger partial charge is 0.303 e. The fraction of sp³-hybridized carbons (Fsp3) is 0.867. The molecule has 0 saturated heterocycles. The Balaban J connectivity index is 2.52. The number of hydrogen-bond donors (Lipinski definition) is 1. The predicted octanol–water partition coefficient (Wildman–Crippen LogP) is 2.30. The summed E-state index contributed by atoms with van der Waals surface area (Å²) < 4.78 is 5.41. The van der Waals surface area contributed by atoms with Crippen LogP contribution in [0, 0.1) is 5.41 Å². The molecule has 1 fully saturated rings. The molecule has 0 unspecified atom stereocenters. The van der Waals surface area contributed by atoms with Crippen LogP contribution in [0.3, 0.4) is 0 Å². The van der Waals surface area contributed by atoms with Gasteiger partial charge >= 0.3 is 5.97 Å². The molecule has 0 aromatic rings. The van der Waals surface area contributed by atoms with Gasteiger partial charge in [0.1, 0.15) is 0 Å². The van der Waals surface area contributed by atoms with Crippen LogP contribution in [0.4, 0.5) is 0 Å². The number of ether oxygens (including phenoxy) is 1. The molecule has 0 aliphatic heterocycles. The van der Waals surface area contributed by atoms with E-state index in [1.807, 2.05) is 6.92 Å². The minimum absolute atomic E-state index is 0.115. The second kappa shape index (κ2) is 8.25. The van der Waals surface area contributed by atoms with Gasteiger partial charge in [0.05, 0.1) is 5.41 Å². The van der Waals surface area contributed by atoms with Crippen molar-refractivity contribution < 1.29 is 19.4 Å². The first-order chi connectivity index (χ1) is 9.52. The molecule has 1 rings (SSSR count). The summed E-state index contributed by atoms with van der Waals surface area (Å²) in [6, 6.07) is 0. The second-order valence-corrected chi connectivity index (χ2v) is 5.66. The highest BCUT2D eigenvalue weighted by atomic mass is 16.5. The van der Waals surface area contributed by atoms with Gasteiger partial charge in [0.15, 0.2) is 0 Å². The Morgan fingerprint density at radius 2 is 1.95 bits per heavy atom. The number of carbonyl (C=O) groups excluding carboxylic acids is 1. The SMILES string of the molecule is CCOCCC1(C(=O)N(C)CCCC(=O)O)CCCC1. The number of carboxylic acids is 1. The number of carboxylic acid groups (broad SMARTS) is 1. The second-order valence-electron chi connectivity index (χ2n) is 5.66. The summed E-state index contributed by atoms with van der Waals surface area (Å²) in [7, 11) is 1.78. The Morgan fingerprint density at radius 3 is 2.50 bits per heavy atom. The lowest BCUT2D eigenvalue weighted by Gasteiger charge is -2.32. The molecule has 0 bridgehead atoms. The quantitative estimate of drug-likeness (QED) is 0.660. The Kier molecular flexibility index (Phi) is 6.99. The van der Waals surface area contributed by atoms with Crippen LogP contribution in [-0.2, 0) is 14.3 Å². The molecule has 0 heterocycles. The van der Waals surface area contributed by atoms with E-state index >= 15 is 0 Å². The van der Waals surface area contributed by atoms with Crippen molar-refractivity contribution in [1.29, 1.82) is 0 Å². The normalized spacial score (nSPS) is 17.1. The lowest BCUT2D eigenvalue weighted by atomic mass is 9.81. The first-order valence-electron chi connectivity index (χ1n) is 7.57. The molecule has 0 atom stereocenters. The van der Waals surface area contributed by atoms with Crippen molar-refractivity contribution in [3.05, 3.63) is 0 Å². The van der Waals surface area contributed by atoms with Crippen LogP contribution in [0.15, 0.2) is 0 Å². The van der Waals surface area contributed by atoms with E-state index in [4.69, 9.17) is 9.84 Å². The highest BCUT2D eigenvalue weighted by molar-refractivity contribution is 5.82. The first kappa shape index (κ1) is 17.0. The van der Waals surface area contributed by atoms with E-state index in [1.54, 1.807) is 11.9 Å². The molecule has 0 spiro atoms. The lowest BCUT2D eigenvalue weighted by molar-refractivity contribution is -0.143. The number of nitrogens with zero attached hydrogens (tertiary/aromatic N) is 1. The fourth-order valence-electron chi connectivity index (χ4n) is 3.01. The van der Waals surface area contributed by atoms with Crippen molar-refractivity contribution in [3.63, 3.8) is 0 Å². The molecule has 20 heavy (non-hydrogen) atoms. The molecular formula is C15H27NO4. The van der Waals surface area contributed by atoms with E-state index in [2.05, 4.69) is 0 Å². The number of aliphatic carboxylic acids is 1. The molecule has 1 aliphatic carbocycles. The highest BCUT2D eigenvalue weighted by Crippen LogP contribution is 2.42. The van der Waals surface area contributed by atoms with Crippen LogP contribution < -0.4 is 0 Å². The minimum atomic E-state index is -0.808. The minimum Gasteiger partial charge on any atom is -0.481 e. The highest BCUT2D eigenvalue weighted by Gasteiger charge is 2.42. The van der Waals surface area contributed by atoms with Crippen LogP contribution in [0.1, 0.15) is 51.9 Å². The van der Waals surface area contributed by atoms with Crippen LogP contribution in [0.25, 0.3) is 0 Å². The van der Waals surface area contributed by atoms with Gasteiger partial charge in [0.25, 0.3) is 0 Å². The average molecular weight is 285 g/mol. The van der Waals surface area contributed by atoms with Crippen molar-refractivity contribution in [1.82, 2.24) is 4.90 Å². The molecule has 1 aliphatic rings. The average Bonchev–Trinajstić information content (AvgIpc) is 2.87. The van der Waals surface area contributed by atoms with Gasteiger partial charge in [-0.15, -0.1) is 0 Å². The third kappa shape index (κ3) is 4.78. The van der Waals surface area contributed by atoms with E-state index in [0.717, 1.165) is 32.1 Å². The number of hydrogen-bond acceptors (Lipinski definition) is 3. The monoisotopic (exact) mass is 285 g/mol. The van der Waals surface area contributed by atoms with Crippen LogP contribution in [-0.4, -0.2) is 48.7 Å². The summed E-state index contributed by atoms with van der Waals surface area (Å²) in [6.07, 6.45) is 5.47. The van der Waals surface area contributed by atoms with E-state index < -0.39 is 5.97 Å². The first-order valence-corrected chi connectivity index (χ1v) is 7.57. The maximum atomic E-state index is 12.7. The van der Waals surface area contributed by atoms with Gasteiger partial charge in [0.2, 0.25) is 5.91 Å². The van der Waals surface area contributed by atoms with Crippen LogP contribution in [0.5, 0.6) is 0 Å². The number of rotatable bonds is 9. The van der Waals surface area contributed by atoms with Gasteiger partial charge in [-0.05, 0) is 32.6 Å². The van der Waals surface area contributed by atoms with Gasteiger partial charge in [-0.1, -0.05) is 12.8 Å². The summed E-state index contributed by atoms with van der Waals surface area (Å²) in [5, 5.41) is 8.65. The Hall–Kier alpha value is -1.10. The summed E-state index contributed by atoms with van der Waals surface area (Å²) in [5.74, 6) is -0.641. The standard InChI is InChI=1S/C15H27NO4/c1-3-20-12-10-15(8-4-5-9-15)14(19)16(2)11-6-7-13(17)18/h3-12H2,1-2H3,(H,17,18). The van der Waals surface area contributed by atoms with E-state index in [9.17, 15) is 9.59 Å². The molecule has 116 valence electrons. The van der Waals surface area contributed by atoms with Gasteiger partial charge in [-0.3, -0.25) is 9.59 Å². The predicted molar refractivity (Wildman–Crippen MR) is 76.5 cm³/mol. The van der Waals surface area contributed by atoms with Gasteiger partial charge in [-0.25, -0.2) is 0 Å². The summed E-state index contributed by atoms with van der Waals surface area (Å²) >= 11 is 0. The molecule has 0 aromatic carbocycles. The van der Waals surface area contributed by atoms with E-state index in [0.29, 0.717) is 26.2 Å². The van der Waals surface area contributed by atoms with Crippen molar-refractivity contribution in [3.8, 4) is 0 Å². The third-order valence-corrected chi connectivity index (χ3v) is 4.17. The molecule has 1 saturated carbocycles. The zero-order valence-corrected chi connectivity index (χ0v) is 12.7. The zero-order valence-electron chi connectivity index (χ0n) is 12.7. The van der Waals surface area contributed by atoms with E-state index in [1.165, 1.54) is 0 Å². The maximum absolute atomic E-state index is 12.7.